The van der Waals surface area contributed by atoms with Crippen molar-refractivity contribution < 1.29 is 14.1 Å². The predicted octanol–water partition coefficient (Wildman–Crippen LogP) is 4.01. The number of nitro benzene ring substituents is 1. The van der Waals surface area contributed by atoms with Crippen LogP contribution < -0.4 is 0 Å². The van der Waals surface area contributed by atoms with Crippen LogP contribution in [0.4, 0.5) is 10.1 Å². The van der Waals surface area contributed by atoms with Gasteiger partial charge in [0.05, 0.1) is 17.6 Å². The van der Waals surface area contributed by atoms with Crippen molar-refractivity contribution >= 4 is 5.69 Å². The van der Waals surface area contributed by atoms with Crippen LogP contribution in [0.25, 0.3) is 0 Å². The van der Waals surface area contributed by atoms with Crippen LogP contribution in [0, 0.1) is 15.9 Å². The van der Waals surface area contributed by atoms with Crippen molar-refractivity contribution in [1.29, 1.82) is 0 Å². The maximum atomic E-state index is 13.9. The molecule has 0 fully saturated rings. The van der Waals surface area contributed by atoms with E-state index in [1.807, 2.05) is 37.3 Å². The van der Waals surface area contributed by atoms with Gasteiger partial charge in [0, 0.05) is 11.6 Å². The summed E-state index contributed by atoms with van der Waals surface area (Å²) < 4.78 is 19.4. The van der Waals surface area contributed by atoms with Crippen molar-refractivity contribution in [1.82, 2.24) is 0 Å². The zero-order valence-corrected chi connectivity index (χ0v) is 11.0. The van der Waals surface area contributed by atoms with Gasteiger partial charge >= 0.3 is 5.69 Å². The molecule has 0 aliphatic rings. The third-order valence-electron chi connectivity index (χ3n) is 3.01. The molecule has 0 bridgehead atoms. The first kappa shape index (κ1) is 14.1. The highest BCUT2D eigenvalue weighted by atomic mass is 19.1. The quantitative estimate of drug-likeness (QED) is 0.612. The Bertz CT molecular complexity index is 601. The van der Waals surface area contributed by atoms with Crippen LogP contribution in [-0.2, 0) is 11.3 Å². The summed E-state index contributed by atoms with van der Waals surface area (Å²) >= 11 is 0. The molecule has 2 rings (SSSR count). The average Bonchev–Trinajstić information content (AvgIpc) is 2.46. The molecule has 0 aliphatic carbocycles. The number of hydrogen-bond acceptors (Lipinski definition) is 3. The maximum Gasteiger partial charge on any atom is 0.305 e. The zero-order valence-electron chi connectivity index (χ0n) is 11.0. The number of nitrogens with zero attached hydrogens (tertiary/aromatic N) is 1. The van der Waals surface area contributed by atoms with E-state index in [0.717, 1.165) is 11.6 Å². The Morgan fingerprint density at radius 3 is 2.55 bits per heavy atom. The van der Waals surface area contributed by atoms with Crippen molar-refractivity contribution in [3.8, 4) is 0 Å². The van der Waals surface area contributed by atoms with Gasteiger partial charge in [-0.25, -0.2) is 0 Å². The summed E-state index contributed by atoms with van der Waals surface area (Å²) in [5.74, 6) is -0.835. The second kappa shape index (κ2) is 6.25. The van der Waals surface area contributed by atoms with Gasteiger partial charge in [-0.3, -0.25) is 10.1 Å². The summed E-state index contributed by atoms with van der Waals surface area (Å²) in [6, 6.07) is 13.6. The van der Waals surface area contributed by atoms with E-state index in [2.05, 4.69) is 0 Å². The highest BCUT2D eigenvalue weighted by molar-refractivity contribution is 5.36. The average molecular weight is 275 g/mol. The lowest BCUT2D eigenvalue weighted by Crippen LogP contribution is -2.03. The van der Waals surface area contributed by atoms with Crippen LogP contribution in [0.3, 0.4) is 0 Å². The number of hydrogen-bond donors (Lipinski definition) is 0. The number of nitro groups is 1. The minimum absolute atomic E-state index is 0.0103. The SMILES string of the molecule is CC(OCc1cccc([N+](=O)[O-])c1F)c1ccccc1. The molecule has 0 N–H and O–H groups in total. The molecule has 2 aromatic rings. The first-order valence-corrected chi connectivity index (χ1v) is 6.18. The molecule has 0 saturated heterocycles. The van der Waals surface area contributed by atoms with E-state index in [0.29, 0.717) is 0 Å². The van der Waals surface area contributed by atoms with Crippen LogP contribution in [0.1, 0.15) is 24.2 Å². The fourth-order valence-electron chi connectivity index (χ4n) is 1.85. The molecule has 0 radical (unpaired) electrons. The fraction of sp³-hybridized carbons (Fsp3) is 0.200. The topological polar surface area (TPSA) is 52.4 Å². The van der Waals surface area contributed by atoms with Gasteiger partial charge in [0.15, 0.2) is 0 Å². The van der Waals surface area contributed by atoms with Crippen LogP contribution in [0.15, 0.2) is 48.5 Å². The predicted molar refractivity (Wildman–Crippen MR) is 72.7 cm³/mol. The molecule has 104 valence electrons. The summed E-state index contributed by atoms with van der Waals surface area (Å²) in [6.45, 7) is 1.84. The minimum atomic E-state index is -0.835. The smallest absolute Gasteiger partial charge is 0.305 e. The molecule has 0 spiro atoms. The molecule has 0 heterocycles. The van der Waals surface area contributed by atoms with Gasteiger partial charge in [-0.2, -0.15) is 4.39 Å². The zero-order chi connectivity index (χ0) is 14.5. The van der Waals surface area contributed by atoms with E-state index in [4.69, 9.17) is 4.74 Å². The van der Waals surface area contributed by atoms with Gasteiger partial charge in [0.1, 0.15) is 0 Å². The molecule has 4 nitrogen and oxygen atoms in total. The Morgan fingerprint density at radius 2 is 1.90 bits per heavy atom. The monoisotopic (exact) mass is 275 g/mol. The number of halogens is 1. The van der Waals surface area contributed by atoms with E-state index in [1.54, 1.807) is 0 Å². The van der Waals surface area contributed by atoms with Crippen LogP contribution >= 0.6 is 0 Å². The molecule has 2 aromatic carbocycles. The molecule has 1 atom stereocenters. The molecule has 0 aliphatic heterocycles. The number of rotatable bonds is 5. The Morgan fingerprint density at radius 1 is 1.20 bits per heavy atom. The Hall–Kier alpha value is -2.27. The standard InChI is InChI=1S/C15H14FNO3/c1-11(12-6-3-2-4-7-12)20-10-13-8-5-9-14(15(13)16)17(18)19/h2-9,11H,10H2,1H3. The Kier molecular flexibility index (Phi) is 4.42. The van der Waals surface area contributed by atoms with Crippen molar-refractivity contribution in [2.45, 2.75) is 19.6 Å². The Balaban J connectivity index is 2.08. The molecule has 5 heteroatoms. The van der Waals surface area contributed by atoms with Crippen LogP contribution in [0.2, 0.25) is 0 Å². The van der Waals surface area contributed by atoms with E-state index < -0.39 is 16.4 Å². The molecule has 1 unspecified atom stereocenters. The lowest BCUT2D eigenvalue weighted by molar-refractivity contribution is -0.387. The van der Waals surface area contributed by atoms with E-state index in [1.165, 1.54) is 12.1 Å². The molecular formula is C15H14FNO3. The number of ether oxygens (including phenoxy) is 1. The Labute approximate surface area is 116 Å². The van der Waals surface area contributed by atoms with Crippen LogP contribution in [-0.4, -0.2) is 4.92 Å². The van der Waals surface area contributed by atoms with Crippen LogP contribution in [0.5, 0.6) is 0 Å². The third kappa shape index (κ3) is 3.19. The summed E-state index contributed by atoms with van der Waals surface area (Å²) in [5.41, 5.74) is 0.624. The van der Waals surface area contributed by atoms with Crippen molar-refractivity contribution in [3.05, 3.63) is 75.6 Å². The van der Waals surface area contributed by atoms with Crippen molar-refractivity contribution in [2.24, 2.45) is 0 Å². The third-order valence-corrected chi connectivity index (χ3v) is 3.01. The first-order chi connectivity index (χ1) is 9.59. The van der Waals surface area contributed by atoms with Gasteiger partial charge in [0.25, 0.3) is 0 Å². The van der Waals surface area contributed by atoms with E-state index >= 15 is 0 Å². The molecule has 0 amide bonds. The fourth-order valence-corrected chi connectivity index (χ4v) is 1.85. The van der Waals surface area contributed by atoms with E-state index in [9.17, 15) is 14.5 Å². The number of benzene rings is 2. The first-order valence-electron chi connectivity index (χ1n) is 6.18. The summed E-state index contributed by atoms with van der Waals surface area (Å²) in [4.78, 5) is 9.92. The van der Waals surface area contributed by atoms with Gasteiger partial charge in [0.2, 0.25) is 5.82 Å². The summed E-state index contributed by atoms with van der Waals surface area (Å²) in [6.07, 6.45) is -0.213. The second-order valence-corrected chi connectivity index (χ2v) is 4.37. The molecule has 20 heavy (non-hydrogen) atoms. The minimum Gasteiger partial charge on any atom is -0.369 e. The second-order valence-electron chi connectivity index (χ2n) is 4.37. The van der Waals surface area contributed by atoms with Gasteiger partial charge in [-0.05, 0) is 12.5 Å². The lowest BCUT2D eigenvalue weighted by atomic mass is 10.1. The van der Waals surface area contributed by atoms with E-state index in [-0.39, 0.29) is 18.3 Å². The normalized spacial score (nSPS) is 12.1. The summed E-state index contributed by atoms with van der Waals surface area (Å²) in [5, 5.41) is 10.7. The highest BCUT2D eigenvalue weighted by Gasteiger charge is 2.17. The highest BCUT2D eigenvalue weighted by Crippen LogP contribution is 2.23. The van der Waals surface area contributed by atoms with Crippen molar-refractivity contribution in [3.63, 3.8) is 0 Å². The van der Waals surface area contributed by atoms with Crippen molar-refractivity contribution in [2.75, 3.05) is 0 Å². The largest absolute Gasteiger partial charge is 0.369 e. The van der Waals surface area contributed by atoms with Gasteiger partial charge in [-0.1, -0.05) is 42.5 Å². The lowest BCUT2D eigenvalue weighted by Gasteiger charge is -2.13. The van der Waals surface area contributed by atoms with Gasteiger partial charge in [-0.15, -0.1) is 0 Å². The molecule has 0 aromatic heterocycles. The molecule has 0 saturated carbocycles. The summed E-state index contributed by atoms with van der Waals surface area (Å²) in [7, 11) is 0. The maximum absolute atomic E-state index is 13.9. The molecular weight excluding hydrogens is 261 g/mol. The van der Waals surface area contributed by atoms with Gasteiger partial charge < -0.3 is 4.74 Å².